The second-order valence-corrected chi connectivity index (χ2v) is 6.96. The highest BCUT2D eigenvalue weighted by Gasteiger charge is 2.27. The average Bonchev–Trinajstić information content (AvgIpc) is 2.67. The molecule has 2 aromatic rings. The quantitative estimate of drug-likeness (QED) is 0.806. The zero-order valence-electron chi connectivity index (χ0n) is 15.6. The number of aliphatic hydroxyl groups excluding tert-OH is 1. The Morgan fingerprint density at radius 3 is 2.52 bits per heavy atom. The van der Waals surface area contributed by atoms with Crippen LogP contribution in [-0.2, 0) is 13.1 Å². The SMILES string of the molecule is COc1ccc(CN2CCN(Cc3ccc(F)cc3)[C@@H](CCO)C2)c(F)c1. The molecule has 1 aliphatic rings. The summed E-state index contributed by atoms with van der Waals surface area (Å²) in [7, 11) is 1.52. The van der Waals surface area contributed by atoms with Crippen molar-refractivity contribution in [2.24, 2.45) is 0 Å². The van der Waals surface area contributed by atoms with E-state index in [1.807, 2.05) is 0 Å². The molecule has 0 amide bonds. The van der Waals surface area contributed by atoms with Crippen molar-refractivity contribution in [1.82, 2.24) is 9.80 Å². The Labute approximate surface area is 159 Å². The lowest BCUT2D eigenvalue weighted by Gasteiger charge is -2.41. The molecule has 1 fully saturated rings. The van der Waals surface area contributed by atoms with Crippen LogP contribution in [-0.4, -0.2) is 54.3 Å². The van der Waals surface area contributed by atoms with Gasteiger partial charge < -0.3 is 9.84 Å². The van der Waals surface area contributed by atoms with Gasteiger partial charge in [-0.25, -0.2) is 8.78 Å². The topological polar surface area (TPSA) is 35.9 Å². The Kier molecular flexibility index (Phi) is 6.77. The summed E-state index contributed by atoms with van der Waals surface area (Å²) in [5.41, 5.74) is 1.69. The molecule has 0 bridgehead atoms. The van der Waals surface area contributed by atoms with Crippen LogP contribution in [0.5, 0.6) is 5.75 Å². The summed E-state index contributed by atoms with van der Waals surface area (Å²) in [6.45, 7) is 3.74. The van der Waals surface area contributed by atoms with Gasteiger partial charge in [0, 0.05) is 57.0 Å². The number of methoxy groups -OCH3 is 1. The smallest absolute Gasteiger partial charge is 0.131 e. The fourth-order valence-electron chi connectivity index (χ4n) is 3.58. The third-order valence-electron chi connectivity index (χ3n) is 5.10. The highest BCUT2D eigenvalue weighted by molar-refractivity contribution is 5.29. The minimum absolute atomic E-state index is 0.106. The van der Waals surface area contributed by atoms with Crippen LogP contribution in [0.1, 0.15) is 17.5 Å². The van der Waals surface area contributed by atoms with E-state index in [0.717, 1.165) is 31.7 Å². The summed E-state index contributed by atoms with van der Waals surface area (Å²) in [5, 5.41) is 9.45. The molecule has 0 spiro atoms. The summed E-state index contributed by atoms with van der Waals surface area (Å²) in [6, 6.07) is 11.7. The van der Waals surface area contributed by atoms with Crippen molar-refractivity contribution in [2.45, 2.75) is 25.6 Å². The van der Waals surface area contributed by atoms with E-state index in [-0.39, 0.29) is 24.3 Å². The zero-order chi connectivity index (χ0) is 19.2. The average molecular weight is 376 g/mol. The molecule has 146 valence electrons. The molecular weight excluding hydrogens is 350 g/mol. The Hall–Kier alpha value is -2.02. The molecule has 2 aromatic carbocycles. The second-order valence-electron chi connectivity index (χ2n) is 6.96. The largest absolute Gasteiger partial charge is 0.497 e. The van der Waals surface area contributed by atoms with Gasteiger partial charge in [-0.05, 0) is 30.2 Å². The predicted molar refractivity (Wildman–Crippen MR) is 101 cm³/mol. The Bertz CT molecular complexity index is 739. The molecule has 0 aliphatic carbocycles. The number of nitrogens with zero attached hydrogens (tertiary/aromatic N) is 2. The second kappa shape index (κ2) is 9.26. The van der Waals surface area contributed by atoms with Gasteiger partial charge in [0.05, 0.1) is 7.11 Å². The lowest BCUT2D eigenvalue weighted by Crippen LogP contribution is -2.52. The van der Waals surface area contributed by atoms with Gasteiger partial charge in [-0.1, -0.05) is 18.2 Å². The number of hydrogen-bond donors (Lipinski definition) is 1. The van der Waals surface area contributed by atoms with Crippen molar-refractivity contribution in [1.29, 1.82) is 0 Å². The first-order valence-corrected chi connectivity index (χ1v) is 9.23. The van der Waals surface area contributed by atoms with E-state index < -0.39 is 0 Å². The highest BCUT2D eigenvalue weighted by Crippen LogP contribution is 2.21. The van der Waals surface area contributed by atoms with Crippen molar-refractivity contribution < 1.29 is 18.6 Å². The van der Waals surface area contributed by atoms with Crippen LogP contribution in [0.3, 0.4) is 0 Å². The van der Waals surface area contributed by atoms with Crippen LogP contribution in [0.4, 0.5) is 8.78 Å². The molecule has 1 saturated heterocycles. The number of ether oxygens (including phenoxy) is 1. The first-order valence-electron chi connectivity index (χ1n) is 9.23. The lowest BCUT2D eigenvalue weighted by atomic mass is 10.1. The summed E-state index contributed by atoms with van der Waals surface area (Å²) < 4.78 is 32.4. The zero-order valence-corrected chi connectivity index (χ0v) is 15.6. The van der Waals surface area contributed by atoms with Gasteiger partial charge >= 0.3 is 0 Å². The standard InChI is InChI=1S/C21H26F2N2O2/c1-27-20-7-4-17(21(23)12-20)14-24-9-10-25(19(15-24)8-11-26)13-16-2-5-18(22)6-3-16/h2-7,12,19,26H,8-11,13-15H2,1H3/t19-/m0/s1. The third kappa shape index (κ3) is 5.25. The number of rotatable bonds is 7. The fourth-order valence-corrected chi connectivity index (χ4v) is 3.58. The number of benzene rings is 2. The molecule has 1 aliphatic heterocycles. The van der Waals surface area contributed by atoms with E-state index in [9.17, 15) is 13.9 Å². The normalized spacial score (nSPS) is 18.6. The minimum atomic E-state index is -0.262. The Morgan fingerprint density at radius 2 is 1.85 bits per heavy atom. The van der Waals surface area contributed by atoms with Gasteiger partial charge in [-0.3, -0.25) is 9.80 Å². The number of aliphatic hydroxyl groups is 1. The molecule has 6 heteroatoms. The maximum absolute atomic E-state index is 14.2. The van der Waals surface area contributed by atoms with Crippen molar-refractivity contribution in [2.75, 3.05) is 33.4 Å². The highest BCUT2D eigenvalue weighted by atomic mass is 19.1. The Morgan fingerprint density at radius 1 is 1.07 bits per heavy atom. The van der Waals surface area contributed by atoms with E-state index >= 15 is 0 Å². The monoisotopic (exact) mass is 376 g/mol. The summed E-state index contributed by atoms with van der Waals surface area (Å²) in [6.07, 6.45) is 0.656. The lowest BCUT2D eigenvalue weighted by molar-refractivity contribution is 0.0494. The summed E-state index contributed by atoms with van der Waals surface area (Å²) in [4.78, 5) is 4.52. The molecule has 0 aromatic heterocycles. The summed E-state index contributed by atoms with van der Waals surface area (Å²) in [5.74, 6) is 0.0114. The molecule has 1 N–H and O–H groups in total. The van der Waals surface area contributed by atoms with Crippen LogP contribution in [0, 0.1) is 11.6 Å². The first kappa shape index (κ1) is 19.7. The molecule has 4 nitrogen and oxygen atoms in total. The molecule has 0 radical (unpaired) electrons. The maximum Gasteiger partial charge on any atom is 0.131 e. The van der Waals surface area contributed by atoms with Crippen molar-refractivity contribution >= 4 is 0 Å². The van der Waals surface area contributed by atoms with Gasteiger partial charge in [-0.2, -0.15) is 0 Å². The summed E-state index contributed by atoms with van der Waals surface area (Å²) >= 11 is 0. The van der Waals surface area contributed by atoms with Crippen molar-refractivity contribution in [3.8, 4) is 5.75 Å². The molecule has 0 unspecified atom stereocenters. The molecule has 1 heterocycles. The van der Waals surface area contributed by atoms with E-state index in [1.165, 1.54) is 25.3 Å². The predicted octanol–water partition coefficient (Wildman–Crippen LogP) is 3.04. The third-order valence-corrected chi connectivity index (χ3v) is 5.10. The molecule has 0 saturated carbocycles. The van der Waals surface area contributed by atoms with E-state index in [4.69, 9.17) is 4.74 Å². The number of hydrogen-bond acceptors (Lipinski definition) is 4. The molecular formula is C21H26F2N2O2. The van der Waals surface area contributed by atoms with E-state index in [1.54, 1.807) is 24.3 Å². The van der Waals surface area contributed by atoms with Gasteiger partial charge in [0.15, 0.2) is 0 Å². The van der Waals surface area contributed by atoms with E-state index in [2.05, 4.69) is 9.80 Å². The van der Waals surface area contributed by atoms with Crippen LogP contribution in [0.2, 0.25) is 0 Å². The van der Waals surface area contributed by atoms with Crippen LogP contribution < -0.4 is 4.74 Å². The van der Waals surface area contributed by atoms with E-state index in [0.29, 0.717) is 24.3 Å². The van der Waals surface area contributed by atoms with Gasteiger partial charge in [0.2, 0.25) is 0 Å². The molecule has 1 atom stereocenters. The van der Waals surface area contributed by atoms with Crippen molar-refractivity contribution in [3.05, 3.63) is 65.2 Å². The molecule has 27 heavy (non-hydrogen) atoms. The van der Waals surface area contributed by atoms with Crippen molar-refractivity contribution in [3.63, 3.8) is 0 Å². The first-order chi connectivity index (χ1) is 13.1. The fraction of sp³-hybridized carbons (Fsp3) is 0.429. The minimum Gasteiger partial charge on any atom is -0.497 e. The van der Waals surface area contributed by atoms with Gasteiger partial charge in [0.1, 0.15) is 17.4 Å². The van der Waals surface area contributed by atoms with Crippen LogP contribution in [0.25, 0.3) is 0 Å². The number of piperazine rings is 1. The molecule has 3 rings (SSSR count). The maximum atomic E-state index is 14.2. The van der Waals surface area contributed by atoms with Gasteiger partial charge in [0.25, 0.3) is 0 Å². The number of halogens is 2. The Balaban J connectivity index is 1.63. The van der Waals surface area contributed by atoms with Crippen LogP contribution in [0.15, 0.2) is 42.5 Å². The van der Waals surface area contributed by atoms with Crippen LogP contribution >= 0.6 is 0 Å². The van der Waals surface area contributed by atoms with Gasteiger partial charge in [-0.15, -0.1) is 0 Å².